The molecule has 1 heterocycles. The molecule has 0 saturated carbocycles. The molecule has 1 fully saturated rings. The molecule has 1 rings (SSSR count). The molecule has 0 spiro atoms. The number of carbonyl (C=O) groups is 1. The Morgan fingerprint density at radius 3 is 2.60 bits per heavy atom. The van der Waals surface area contributed by atoms with Crippen LogP contribution in [0.4, 0.5) is 0 Å². The molecule has 1 unspecified atom stereocenters. The standard InChI is InChI=1S/C8H16N2O4S/c1-7-3-4-10(5-7)15(13,14)9(2)6-8(11)12/h7H,3-6H2,1-2H3,(H,11,12). The fourth-order valence-electron chi connectivity index (χ4n) is 1.57. The van der Waals surface area contributed by atoms with E-state index < -0.39 is 22.7 Å². The number of aliphatic carboxylic acids is 1. The minimum Gasteiger partial charge on any atom is -0.480 e. The maximum absolute atomic E-state index is 11.8. The van der Waals surface area contributed by atoms with Crippen molar-refractivity contribution in [1.29, 1.82) is 0 Å². The van der Waals surface area contributed by atoms with E-state index in [9.17, 15) is 13.2 Å². The molecule has 0 amide bonds. The van der Waals surface area contributed by atoms with Gasteiger partial charge in [0.2, 0.25) is 0 Å². The number of carboxylic acids is 1. The van der Waals surface area contributed by atoms with Gasteiger partial charge in [-0.3, -0.25) is 4.79 Å². The van der Waals surface area contributed by atoms with E-state index in [4.69, 9.17) is 5.11 Å². The predicted molar refractivity (Wildman–Crippen MR) is 54.5 cm³/mol. The van der Waals surface area contributed by atoms with Gasteiger partial charge in [0.05, 0.1) is 0 Å². The summed E-state index contributed by atoms with van der Waals surface area (Å²) < 4.78 is 25.8. The highest BCUT2D eigenvalue weighted by Gasteiger charge is 2.32. The quantitative estimate of drug-likeness (QED) is 0.719. The lowest BCUT2D eigenvalue weighted by Gasteiger charge is -2.22. The van der Waals surface area contributed by atoms with E-state index in [0.29, 0.717) is 19.0 Å². The molecule has 0 aromatic rings. The van der Waals surface area contributed by atoms with E-state index in [-0.39, 0.29) is 0 Å². The van der Waals surface area contributed by atoms with Gasteiger partial charge in [-0.15, -0.1) is 0 Å². The lowest BCUT2D eigenvalue weighted by molar-refractivity contribution is -0.137. The highest BCUT2D eigenvalue weighted by molar-refractivity contribution is 7.86. The third-order valence-electron chi connectivity index (χ3n) is 2.46. The number of carboxylic acid groups (broad SMARTS) is 1. The summed E-state index contributed by atoms with van der Waals surface area (Å²) in [6.07, 6.45) is 0.833. The number of likely N-dealkylation sites (N-methyl/N-ethyl adjacent to an activating group) is 1. The molecule has 0 aromatic carbocycles. The third-order valence-corrected chi connectivity index (χ3v) is 4.37. The molecule has 88 valence electrons. The van der Waals surface area contributed by atoms with Crippen LogP contribution in [-0.2, 0) is 15.0 Å². The first-order valence-electron chi connectivity index (χ1n) is 4.77. The molecule has 1 aliphatic rings. The average Bonchev–Trinajstić information content (AvgIpc) is 2.50. The first-order chi connectivity index (χ1) is 6.84. The zero-order valence-electron chi connectivity index (χ0n) is 8.88. The fourth-order valence-corrected chi connectivity index (χ4v) is 3.02. The fraction of sp³-hybridized carbons (Fsp3) is 0.875. The van der Waals surface area contributed by atoms with Crippen LogP contribution in [0.15, 0.2) is 0 Å². The topological polar surface area (TPSA) is 77.9 Å². The van der Waals surface area contributed by atoms with E-state index in [2.05, 4.69) is 0 Å². The molecular formula is C8H16N2O4S. The zero-order valence-corrected chi connectivity index (χ0v) is 9.70. The van der Waals surface area contributed by atoms with Crippen molar-refractivity contribution < 1.29 is 18.3 Å². The molecule has 1 aliphatic heterocycles. The van der Waals surface area contributed by atoms with Crippen LogP contribution >= 0.6 is 0 Å². The summed E-state index contributed by atoms with van der Waals surface area (Å²) in [5.41, 5.74) is 0. The van der Waals surface area contributed by atoms with Gasteiger partial charge in [0.15, 0.2) is 0 Å². The van der Waals surface area contributed by atoms with Crippen LogP contribution in [0.2, 0.25) is 0 Å². The van der Waals surface area contributed by atoms with Crippen molar-refractivity contribution in [2.45, 2.75) is 13.3 Å². The monoisotopic (exact) mass is 236 g/mol. The highest BCUT2D eigenvalue weighted by atomic mass is 32.2. The van der Waals surface area contributed by atoms with Gasteiger partial charge in [-0.25, -0.2) is 0 Å². The van der Waals surface area contributed by atoms with Crippen LogP contribution in [0, 0.1) is 5.92 Å². The van der Waals surface area contributed by atoms with Gasteiger partial charge in [0.1, 0.15) is 6.54 Å². The molecule has 15 heavy (non-hydrogen) atoms. The van der Waals surface area contributed by atoms with Crippen LogP contribution in [0.1, 0.15) is 13.3 Å². The van der Waals surface area contributed by atoms with Crippen molar-refractivity contribution in [3.63, 3.8) is 0 Å². The van der Waals surface area contributed by atoms with Crippen LogP contribution in [0.5, 0.6) is 0 Å². The van der Waals surface area contributed by atoms with Gasteiger partial charge in [-0.05, 0) is 12.3 Å². The molecule has 6 nitrogen and oxygen atoms in total. The van der Waals surface area contributed by atoms with E-state index in [1.54, 1.807) is 0 Å². The van der Waals surface area contributed by atoms with Gasteiger partial charge in [-0.2, -0.15) is 17.0 Å². The summed E-state index contributed by atoms with van der Waals surface area (Å²) >= 11 is 0. The van der Waals surface area contributed by atoms with E-state index >= 15 is 0 Å². The van der Waals surface area contributed by atoms with Crippen LogP contribution in [-0.4, -0.2) is 54.8 Å². The summed E-state index contributed by atoms with van der Waals surface area (Å²) in [5, 5.41) is 8.52. The smallest absolute Gasteiger partial charge is 0.318 e. The molecule has 1 atom stereocenters. The minimum absolute atomic E-state index is 0.345. The van der Waals surface area contributed by atoms with Crippen LogP contribution < -0.4 is 0 Å². The summed E-state index contributed by atoms with van der Waals surface area (Å²) in [4.78, 5) is 10.4. The zero-order chi connectivity index (χ0) is 11.6. The number of hydrogen-bond donors (Lipinski definition) is 1. The maximum Gasteiger partial charge on any atom is 0.318 e. The minimum atomic E-state index is -3.58. The Hall–Kier alpha value is -0.660. The summed E-state index contributed by atoms with van der Waals surface area (Å²) in [6, 6.07) is 0. The average molecular weight is 236 g/mol. The molecular weight excluding hydrogens is 220 g/mol. The summed E-state index contributed by atoms with van der Waals surface area (Å²) in [5.74, 6) is -0.800. The second-order valence-electron chi connectivity index (χ2n) is 3.91. The second kappa shape index (κ2) is 4.46. The van der Waals surface area contributed by atoms with E-state index in [1.807, 2.05) is 6.92 Å². The maximum atomic E-state index is 11.8. The first kappa shape index (κ1) is 12.4. The summed E-state index contributed by atoms with van der Waals surface area (Å²) in [7, 11) is -2.30. The number of rotatable bonds is 4. The first-order valence-corrected chi connectivity index (χ1v) is 6.17. The van der Waals surface area contributed by atoms with Gasteiger partial charge < -0.3 is 5.11 Å². The van der Waals surface area contributed by atoms with E-state index in [0.717, 1.165) is 10.7 Å². The Balaban J connectivity index is 2.70. The number of hydrogen-bond acceptors (Lipinski definition) is 3. The van der Waals surface area contributed by atoms with Crippen LogP contribution in [0.25, 0.3) is 0 Å². The Kier molecular flexibility index (Phi) is 3.69. The van der Waals surface area contributed by atoms with Crippen molar-refractivity contribution >= 4 is 16.2 Å². The Labute approximate surface area is 89.7 Å². The number of nitrogens with zero attached hydrogens (tertiary/aromatic N) is 2. The molecule has 0 radical (unpaired) electrons. The molecule has 0 aliphatic carbocycles. The van der Waals surface area contributed by atoms with Crippen molar-refractivity contribution in [3.8, 4) is 0 Å². The van der Waals surface area contributed by atoms with Gasteiger partial charge in [-0.1, -0.05) is 6.92 Å². The second-order valence-corrected chi connectivity index (χ2v) is 5.94. The highest BCUT2D eigenvalue weighted by Crippen LogP contribution is 2.19. The van der Waals surface area contributed by atoms with Crippen LogP contribution in [0.3, 0.4) is 0 Å². The largest absolute Gasteiger partial charge is 0.480 e. The predicted octanol–water partition coefficient (Wildman–Crippen LogP) is -0.411. The van der Waals surface area contributed by atoms with Crippen molar-refractivity contribution in [3.05, 3.63) is 0 Å². The molecule has 0 bridgehead atoms. The molecule has 0 aromatic heterocycles. The van der Waals surface area contributed by atoms with Gasteiger partial charge in [0, 0.05) is 20.1 Å². The molecule has 1 saturated heterocycles. The van der Waals surface area contributed by atoms with Gasteiger partial charge in [0.25, 0.3) is 10.2 Å². The molecule has 1 N–H and O–H groups in total. The Morgan fingerprint density at radius 2 is 2.20 bits per heavy atom. The summed E-state index contributed by atoms with van der Waals surface area (Å²) in [6.45, 7) is 2.44. The molecule has 7 heteroatoms. The Morgan fingerprint density at radius 1 is 1.60 bits per heavy atom. The lowest BCUT2D eigenvalue weighted by Crippen LogP contribution is -2.42. The van der Waals surface area contributed by atoms with E-state index in [1.165, 1.54) is 11.4 Å². The van der Waals surface area contributed by atoms with Gasteiger partial charge >= 0.3 is 5.97 Å². The SMILES string of the molecule is CC1CCN(S(=O)(=O)N(C)CC(=O)O)C1. The van der Waals surface area contributed by atoms with Crippen molar-refractivity contribution in [2.24, 2.45) is 5.92 Å². The normalized spacial score (nSPS) is 23.5. The van der Waals surface area contributed by atoms with Crippen molar-refractivity contribution in [1.82, 2.24) is 8.61 Å². The Bertz CT molecular complexity index is 341. The van der Waals surface area contributed by atoms with Crippen molar-refractivity contribution in [2.75, 3.05) is 26.7 Å². The third kappa shape index (κ3) is 2.90. The lowest BCUT2D eigenvalue weighted by atomic mass is 10.2.